The molecule has 1 aromatic rings. The molecule has 2 fully saturated rings. The van der Waals surface area contributed by atoms with Crippen molar-refractivity contribution in [2.75, 3.05) is 14.2 Å². The third-order valence-corrected chi connectivity index (χ3v) is 4.79. The molecular formula is C17H17BrO6. The summed E-state index contributed by atoms with van der Waals surface area (Å²) in [5, 5.41) is 0. The van der Waals surface area contributed by atoms with Gasteiger partial charge in [0, 0.05) is 24.5 Å². The smallest absolute Gasteiger partial charge is 0.348 e. The lowest BCUT2D eigenvalue weighted by Gasteiger charge is -2.32. The van der Waals surface area contributed by atoms with Gasteiger partial charge in [0.15, 0.2) is 0 Å². The van der Waals surface area contributed by atoms with E-state index in [1.54, 1.807) is 12.1 Å². The van der Waals surface area contributed by atoms with E-state index in [1.165, 1.54) is 20.3 Å². The van der Waals surface area contributed by atoms with E-state index in [2.05, 4.69) is 15.9 Å². The van der Waals surface area contributed by atoms with Crippen LogP contribution >= 0.6 is 15.9 Å². The maximum Gasteiger partial charge on any atom is 0.348 e. The fourth-order valence-electron chi connectivity index (χ4n) is 2.94. The lowest BCUT2D eigenvalue weighted by molar-refractivity contribution is -0.232. The second-order valence-electron chi connectivity index (χ2n) is 5.68. The molecule has 0 aromatic heterocycles. The number of carbonyl (C=O) groups is 2. The number of carbonyl (C=O) groups excluding carboxylic acids is 2. The van der Waals surface area contributed by atoms with E-state index in [9.17, 15) is 9.59 Å². The first-order chi connectivity index (χ1) is 11.5. The molecule has 1 saturated carbocycles. The Kier molecular flexibility index (Phi) is 4.54. The van der Waals surface area contributed by atoms with Gasteiger partial charge in [-0.2, -0.15) is 0 Å². The average Bonchev–Trinajstić information content (AvgIpc) is 2.98. The van der Waals surface area contributed by atoms with E-state index >= 15 is 0 Å². The topological polar surface area (TPSA) is 71.1 Å². The maximum absolute atomic E-state index is 12.3. The Morgan fingerprint density at radius 3 is 2.17 bits per heavy atom. The molecule has 0 unspecified atom stereocenters. The van der Waals surface area contributed by atoms with Crippen LogP contribution in [0.25, 0.3) is 6.08 Å². The Balaban J connectivity index is 1.95. The quantitative estimate of drug-likeness (QED) is 0.443. The lowest BCUT2D eigenvalue weighted by Crippen LogP contribution is -2.44. The number of esters is 2. The third-order valence-electron chi connectivity index (χ3n) is 4.17. The molecule has 24 heavy (non-hydrogen) atoms. The van der Waals surface area contributed by atoms with Gasteiger partial charge >= 0.3 is 11.9 Å². The summed E-state index contributed by atoms with van der Waals surface area (Å²) in [5.74, 6) is -1.36. The van der Waals surface area contributed by atoms with Gasteiger partial charge < -0.3 is 18.9 Å². The van der Waals surface area contributed by atoms with Gasteiger partial charge in [0.2, 0.25) is 0 Å². The fraction of sp³-hybridized carbons (Fsp3) is 0.412. The molecule has 1 aromatic carbocycles. The minimum atomic E-state index is -1.07. The first kappa shape index (κ1) is 16.8. The molecule has 1 aliphatic carbocycles. The van der Waals surface area contributed by atoms with Crippen molar-refractivity contribution in [2.24, 2.45) is 0 Å². The summed E-state index contributed by atoms with van der Waals surface area (Å²) in [7, 11) is 3.03. The second-order valence-corrected chi connectivity index (χ2v) is 6.54. The molecule has 1 aliphatic heterocycles. The number of halogens is 1. The summed E-state index contributed by atoms with van der Waals surface area (Å²) in [4.78, 5) is 24.6. The monoisotopic (exact) mass is 396 g/mol. The van der Waals surface area contributed by atoms with Gasteiger partial charge in [-0.25, -0.2) is 9.59 Å². The van der Waals surface area contributed by atoms with Gasteiger partial charge in [-0.3, -0.25) is 0 Å². The Hall–Kier alpha value is -2.02. The van der Waals surface area contributed by atoms with Crippen molar-refractivity contribution >= 4 is 33.9 Å². The molecular weight excluding hydrogens is 380 g/mol. The number of hydrogen-bond donors (Lipinski definition) is 0. The van der Waals surface area contributed by atoms with E-state index in [1.807, 2.05) is 0 Å². The molecule has 0 radical (unpaired) electrons. The summed E-state index contributed by atoms with van der Waals surface area (Å²) in [5.41, 5.74) is 0.388. The van der Waals surface area contributed by atoms with E-state index in [4.69, 9.17) is 18.9 Å². The van der Waals surface area contributed by atoms with Crippen LogP contribution in [0.5, 0.6) is 11.5 Å². The Morgan fingerprint density at radius 2 is 1.62 bits per heavy atom. The zero-order valence-corrected chi connectivity index (χ0v) is 15.0. The van der Waals surface area contributed by atoms with Crippen molar-refractivity contribution in [2.45, 2.75) is 31.5 Å². The van der Waals surface area contributed by atoms with Crippen LogP contribution in [0.1, 0.15) is 31.2 Å². The van der Waals surface area contributed by atoms with Crippen molar-refractivity contribution in [3.63, 3.8) is 0 Å². The summed E-state index contributed by atoms with van der Waals surface area (Å²) >= 11 is 3.37. The highest BCUT2D eigenvalue weighted by Gasteiger charge is 2.47. The summed E-state index contributed by atoms with van der Waals surface area (Å²) < 4.78 is 22.0. The number of benzene rings is 1. The zero-order valence-electron chi connectivity index (χ0n) is 13.4. The highest BCUT2D eigenvalue weighted by Crippen LogP contribution is 2.40. The molecule has 128 valence electrons. The Bertz CT molecular complexity index is 696. The molecule has 1 spiro atoms. The van der Waals surface area contributed by atoms with Crippen molar-refractivity contribution in [3.05, 3.63) is 27.7 Å². The highest BCUT2D eigenvalue weighted by molar-refractivity contribution is 9.10. The van der Waals surface area contributed by atoms with Crippen molar-refractivity contribution in [3.8, 4) is 11.5 Å². The first-order valence-electron chi connectivity index (χ1n) is 7.58. The van der Waals surface area contributed by atoms with Gasteiger partial charge in [-0.05, 0) is 40.9 Å². The van der Waals surface area contributed by atoms with Crippen LogP contribution in [-0.4, -0.2) is 31.9 Å². The van der Waals surface area contributed by atoms with Crippen LogP contribution in [0.2, 0.25) is 0 Å². The SMILES string of the molecule is COc1cc(OC)c(C=C2C(=O)OC3(CCCC3)OC2=O)cc1Br. The van der Waals surface area contributed by atoms with Gasteiger partial charge in [0.25, 0.3) is 5.79 Å². The largest absolute Gasteiger partial charge is 0.496 e. The normalized spacial score (nSPS) is 19.0. The molecule has 0 amide bonds. The fourth-order valence-corrected chi connectivity index (χ4v) is 3.46. The highest BCUT2D eigenvalue weighted by atomic mass is 79.9. The van der Waals surface area contributed by atoms with E-state index in [0.717, 1.165) is 12.8 Å². The summed E-state index contributed by atoms with van der Waals surface area (Å²) in [6, 6.07) is 3.36. The van der Waals surface area contributed by atoms with Crippen molar-refractivity contribution < 1.29 is 28.5 Å². The Labute approximate surface area is 147 Å². The lowest BCUT2D eigenvalue weighted by atomic mass is 10.1. The van der Waals surface area contributed by atoms with Gasteiger partial charge in [-0.15, -0.1) is 0 Å². The number of hydrogen-bond acceptors (Lipinski definition) is 6. The van der Waals surface area contributed by atoms with Crippen LogP contribution in [0.3, 0.4) is 0 Å². The van der Waals surface area contributed by atoms with Crippen molar-refractivity contribution in [1.82, 2.24) is 0 Å². The predicted molar refractivity (Wildman–Crippen MR) is 88.6 cm³/mol. The van der Waals surface area contributed by atoms with Crippen LogP contribution in [-0.2, 0) is 19.1 Å². The molecule has 0 N–H and O–H groups in total. The molecule has 3 rings (SSSR count). The second kappa shape index (κ2) is 6.47. The van der Waals surface area contributed by atoms with Crippen LogP contribution in [0.4, 0.5) is 0 Å². The standard InChI is InChI=1S/C17H17BrO6/c1-21-13-9-14(22-2)12(18)8-10(13)7-11-15(19)23-17(24-16(11)20)5-3-4-6-17/h7-9H,3-6H2,1-2H3. The van der Waals surface area contributed by atoms with Crippen LogP contribution in [0, 0.1) is 0 Å². The molecule has 1 heterocycles. The number of ether oxygens (including phenoxy) is 4. The predicted octanol–water partition coefficient (Wildman–Crippen LogP) is 3.22. The van der Waals surface area contributed by atoms with Crippen molar-refractivity contribution in [1.29, 1.82) is 0 Å². The average molecular weight is 397 g/mol. The zero-order chi connectivity index (χ0) is 17.3. The van der Waals surface area contributed by atoms with Crippen LogP contribution < -0.4 is 9.47 Å². The van der Waals surface area contributed by atoms with E-state index < -0.39 is 17.7 Å². The number of rotatable bonds is 3. The number of methoxy groups -OCH3 is 2. The minimum absolute atomic E-state index is 0.150. The van der Waals surface area contributed by atoms with E-state index in [0.29, 0.717) is 34.4 Å². The van der Waals surface area contributed by atoms with Crippen LogP contribution in [0.15, 0.2) is 22.2 Å². The van der Waals surface area contributed by atoms with E-state index in [-0.39, 0.29) is 5.57 Å². The maximum atomic E-state index is 12.3. The summed E-state index contributed by atoms with van der Waals surface area (Å²) in [6.45, 7) is 0. The summed E-state index contributed by atoms with van der Waals surface area (Å²) in [6.07, 6.45) is 4.26. The minimum Gasteiger partial charge on any atom is -0.496 e. The molecule has 1 saturated heterocycles. The molecule has 2 aliphatic rings. The van der Waals surface area contributed by atoms with Gasteiger partial charge in [-0.1, -0.05) is 0 Å². The first-order valence-corrected chi connectivity index (χ1v) is 8.37. The molecule has 0 bridgehead atoms. The third kappa shape index (κ3) is 3.00. The molecule has 0 atom stereocenters. The molecule has 6 nitrogen and oxygen atoms in total. The van der Waals surface area contributed by atoms with Gasteiger partial charge in [0.05, 0.1) is 18.7 Å². The Morgan fingerprint density at radius 1 is 1.04 bits per heavy atom. The molecule has 7 heteroatoms. The van der Waals surface area contributed by atoms with Gasteiger partial charge in [0.1, 0.15) is 17.1 Å².